The van der Waals surface area contributed by atoms with Crippen molar-refractivity contribution in [2.24, 2.45) is 10.4 Å². The first-order valence-corrected chi connectivity index (χ1v) is 4.56. The first-order valence-electron chi connectivity index (χ1n) is 4.56. The van der Waals surface area contributed by atoms with Gasteiger partial charge in [-0.25, -0.2) is 0 Å². The second-order valence-corrected chi connectivity index (χ2v) is 4.17. The largest absolute Gasteiger partial charge is 0.295 e. The molecular weight excluding hydrogens is 162 g/mol. The average Bonchev–Trinajstić information content (AvgIpc) is 2.48. The molecule has 1 aromatic heterocycles. The molecule has 0 unspecified atom stereocenters. The van der Waals surface area contributed by atoms with Crippen molar-refractivity contribution in [3.63, 3.8) is 0 Å². The Kier molecular flexibility index (Phi) is 3.23. The van der Waals surface area contributed by atoms with Gasteiger partial charge in [0.25, 0.3) is 0 Å². The van der Waals surface area contributed by atoms with E-state index in [2.05, 4.69) is 30.9 Å². The minimum absolute atomic E-state index is 0.185. The van der Waals surface area contributed by atoms with E-state index in [0.29, 0.717) is 0 Å². The van der Waals surface area contributed by atoms with E-state index in [1.807, 2.05) is 23.2 Å². The van der Waals surface area contributed by atoms with Crippen molar-refractivity contribution in [3.8, 4) is 0 Å². The lowest BCUT2D eigenvalue weighted by Gasteiger charge is -2.09. The van der Waals surface area contributed by atoms with E-state index in [-0.39, 0.29) is 5.41 Å². The van der Waals surface area contributed by atoms with Gasteiger partial charge in [0.15, 0.2) is 0 Å². The Balaban J connectivity index is 2.25. The summed E-state index contributed by atoms with van der Waals surface area (Å²) in [4.78, 5) is 4.33. The fourth-order valence-corrected chi connectivity index (χ4v) is 0.931. The molecule has 0 N–H and O–H groups in total. The molecule has 0 fully saturated rings. The number of aromatic nitrogens is 2. The summed E-state index contributed by atoms with van der Waals surface area (Å²) in [5.41, 5.74) is 0.185. The first-order chi connectivity index (χ1) is 6.08. The van der Waals surface area contributed by atoms with Gasteiger partial charge in [-0.2, -0.15) is 5.10 Å². The fourth-order valence-electron chi connectivity index (χ4n) is 0.931. The number of nitrogens with zero attached hydrogens (tertiary/aromatic N) is 3. The number of rotatable bonds is 3. The molecule has 13 heavy (non-hydrogen) atoms. The molecular formula is C10H17N3. The van der Waals surface area contributed by atoms with Crippen LogP contribution in [0.15, 0.2) is 23.5 Å². The summed E-state index contributed by atoms with van der Waals surface area (Å²) in [7, 11) is 0. The average molecular weight is 179 g/mol. The molecule has 0 aliphatic heterocycles. The predicted octanol–water partition coefficient (Wildman–Crippen LogP) is 2.00. The molecule has 0 saturated carbocycles. The van der Waals surface area contributed by atoms with Crippen LogP contribution in [0.25, 0.3) is 0 Å². The van der Waals surface area contributed by atoms with E-state index in [1.165, 1.54) is 0 Å². The van der Waals surface area contributed by atoms with Gasteiger partial charge in [-0.05, 0) is 11.5 Å². The van der Waals surface area contributed by atoms with E-state index in [0.717, 1.165) is 13.1 Å². The second kappa shape index (κ2) is 4.21. The monoisotopic (exact) mass is 179 g/mol. The zero-order valence-electron chi connectivity index (χ0n) is 8.57. The van der Waals surface area contributed by atoms with Crippen LogP contribution < -0.4 is 0 Å². The highest BCUT2D eigenvalue weighted by molar-refractivity contribution is 5.63. The van der Waals surface area contributed by atoms with Crippen LogP contribution in [0.5, 0.6) is 0 Å². The summed E-state index contributed by atoms with van der Waals surface area (Å²) < 4.78 is 1.89. The van der Waals surface area contributed by atoms with Crippen LogP contribution in [0.4, 0.5) is 0 Å². The van der Waals surface area contributed by atoms with Crippen molar-refractivity contribution in [3.05, 3.63) is 18.5 Å². The topological polar surface area (TPSA) is 30.2 Å². The maximum absolute atomic E-state index is 4.33. The standard InChI is InChI=1S/C10H17N3/c1-10(2,3)9-11-6-8-13-7-4-5-12-13/h4-5,7,9H,6,8H2,1-3H3. The van der Waals surface area contributed by atoms with Gasteiger partial charge in [0.2, 0.25) is 0 Å². The Morgan fingerprint density at radius 1 is 1.46 bits per heavy atom. The maximum atomic E-state index is 4.33. The zero-order valence-corrected chi connectivity index (χ0v) is 8.57. The highest BCUT2D eigenvalue weighted by atomic mass is 15.3. The molecule has 1 rings (SSSR count). The first kappa shape index (κ1) is 9.96. The zero-order chi connectivity index (χ0) is 9.73. The molecule has 0 radical (unpaired) electrons. The quantitative estimate of drug-likeness (QED) is 0.653. The van der Waals surface area contributed by atoms with Crippen molar-refractivity contribution < 1.29 is 0 Å². The smallest absolute Gasteiger partial charge is 0.0604 e. The van der Waals surface area contributed by atoms with E-state index in [1.54, 1.807) is 6.20 Å². The summed E-state index contributed by atoms with van der Waals surface area (Å²) in [5.74, 6) is 0. The minimum Gasteiger partial charge on any atom is -0.295 e. The van der Waals surface area contributed by atoms with Gasteiger partial charge in [-0.3, -0.25) is 9.67 Å². The van der Waals surface area contributed by atoms with Gasteiger partial charge >= 0.3 is 0 Å². The Morgan fingerprint density at radius 3 is 2.77 bits per heavy atom. The second-order valence-electron chi connectivity index (χ2n) is 4.17. The maximum Gasteiger partial charge on any atom is 0.0604 e. The van der Waals surface area contributed by atoms with Gasteiger partial charge in [0, 0.05) is 18.6 Å². The van der Waals surface area contributed by atoms with Crippen molar-refractivity contribution >= 4 is 6.21 Å². The molecule has 0 aliphatic carbocycles. The SMILES string of the molecule is CC(C)(C)C=NCCn1cccn1. The van der Waals surface area contributed by atoms with E-state index < -0.39 is 0 Å². The lowest BCUT2D eigenvalue weighted by Crippen LogP contribution is -2.08. The summed E-state index contributed by atoms with van der Waals surface area (Å²) >= 11 is 0. The van der Waals surface area contributed by atoms with Crippen LogP contribution in [0.2, 0.25) is 0 Å². The van der Waals surface area contributed by atoms with E-state index >= 15 is 0 Å². The Hall–Kier alpha value is -1.12. The fraction of sp³-hybridized carbons (Fsp3) is 0.600. The van der Waals surface area contributed by atoms with Crippen molar-refractivity contribution in [1.29, 1.82) is 0 Å². The molecule has 0 bridgehead atoms. The van der Waals surface area contributed by atoms with E-state index in [9.17, 15) is 0 Å². The third-order valence-corrected chi connectivity index (χ3v) is 1.50. The molecule has 0 atom stereocenters. The lowest BCUT2D eigenvalue weighted by atomic mass is 9.99. The highest BCUT2D eigenvalue weighted by Gasteiger charge is 2.03. The Labute approximate surface area is 79.5 Å². The molecule has 1 aromatic rings. The molecule has 1 heterocycles. The number of aliphatic imine (C=N–C) groups is 1. The predicted molar refractivity (Wildman–Crippen MR) is 55.0 cm³/mol. The molecule has 72 valence electrons. The van der Waals surface area contributed by atoms with Crippen molar-refractivity contribution in [1.82, 2.24) is 9.78 Å². The van der Waals surface area contributed by atoms with Crippen LogP contribution >= 0.6 is 0 Å². The van der Waals surface area contributed by atoms with Crippen LogP contribution in [-0.2, 0) is 6.54 Å². The van der Waals surface area contributed by atoms with E-state index in [4.69, 9.17) is 0 Å². The third-order valence-electron chi connectivity index (χ3n) is 1.50. The Bertz CT molecular complexity index is 254. The Morgan fingerprint density at radius 2 is 2.23 bits per heavy atom. The molecule has 0 amide bonds. The molecule has 3 nitrogen and oxygen atoms in total. The molecule has 3 heteroatoms. The molecule has 0 aliphatic rings. The molecule has 0 spiro atoms. The van der Waals surface area contributed by atoms with Crippen molar-refractivity contribution in [2.45, 2.75) is 27.3 Å². The molecule has 0 saturated heterocycles. The summed E-state index contributed by atoms with van der Waals surface area (Å²) in [5, 5.41) is 4.09. The van der Waals surface area contributed by atoms with Crippen LogP contribution in [0.1, 0.15) is 20.8 Å². The van der Waals surface area contributed by atoms with Crippen LogP contribution in [-0.4, -0.2) is 22.5 Å². The van der Waals surface area contributed by atoms with Gasteiger partial charge in [-0.1, -0.05) is 20.8 Å². The van der Waals surface area contributed by atoms with Gasteiger partial charge in [0.05, 0.1) is 13.1 Å². The van der Waals surface area contributed by atoms with Gasteiger partial charge in [0.1, 0.15) is 0 Å². The summed E-state index contributed by atoms with van der Waals surface area (Å²) in [6.07, 6.45) is 5.73. The van der Waals surface area contributed by atoms with Crippen molar-refractivity contribution in [2.75, 3.05) is 6.54 Å². The van der Waals surface area contributed by atoms with Gasteiger partial charge in [-0.15, -0.1) is 0 Å². The number of hydrogen-bond acceptors (Lipinski definition) is 2. The molecule has 0 aromatic carbocycles. The van der Waals surface area contributed by atoms with Crippen LogP contribution in [0.3, 0.4) is 0 Å². The minimum atomic E-state index is 0.185. The summed E-state index contributed by atoms with van der Waals surface area (Å²) in [6, 6.07) is 1.92. The highest BCUT2D eigenvalue weighted by Crippen LogP contribution is 2.07. The summed E-state index contributed by atoms with van der Waals surface area (Å²) in [6.45, 7) is 8.10. The normalized spacial score (nSPS) is 12.5. The lowest BCUT2D eigenvalue weighted by molar-refractivity contribution is 0.592. The number of hydrogen-bond donors (Lipinski definition) is 0. The third kappa shape index (κ3) is 4.45. The van der Waals surface area contributed by atoms with Crippen LogP contribution in [0, 0.1) is 5.41 Å². The van der Waals surface area contributed by atoms with Gasteiger partial charge < -0.3 is 0 Å².